The summed E-state index contributed by atoms with van der Waals surface area (Å²) in [7, 11) is 0. The van der Waals surface area contributed by atoms with E-state index in [0.29, 0.717) is 0 Å². The first kappa shape index (κ1) is 9.66. The molecule has 0 amide bonds. The molecule has 6 nitrogen and oxygen atoms in total. The van der Waals surface area contributed by atoms with Gasteiger partial charge in [-0.1, -0.05) is 0 Å². The summed E-state index contributed by atoms with van der Waals surface area (Å²) < 4.78 is 4.56. The normalized spacial score (nSPS) is 22.2. The number of nitrogens with two attached hydrogens (primary N) is 1. The highest BCUT2D eigenvalue weighted by Gasteiger charge is 2.39. The number of carboxylic acids is 1. The molecule has 0 spiro atoms. The Balaban J connectivity index is 2.29. The lowest BCUT2D eigenvalue weighted by Crippen LogP contribution is -2.35. The molecule has 0 aliphatic heterocycles. The van der Waals surface area contributed by atoms with Crippen molar-refractivity contribution in [2.75, 3.05) is 0 Å². The Hall–Kier alpha value is -1.43. The zero-order valence-corrected chi connectivity index (χ0v) is 6.73. The molecule has 0 heterocycles. The van der Waals surface area contributed by atoms with Crippen LogP contribution < -0.4 is 5.73 Å². The molecule has 1 fully saturated rings. The Labute approximate surface area is 73.7 Å². The van der Waals surface area contributed by atoms with E-state index in [-0.39, 0.29) is 12.2 Å². The summed E-state index contributed by atoms with van der Waals surface area (Å²) in [6.07, 6.45) is -0.960. The Morgan fingerprint density at radius 1 is 1.69 bits per heavy atom. The highest BCUT2D eigenvalue weighted by molar-refractivity contribution is 6.00. The van der Waals surface area contributed by atoms with Crippen molar-refractivity contribution in [3.8, 4) is 0 Å². The van der Waals surface area contributed by atoms with Crippen LogP contribution in [0, 0.1) is 0 Å². The standard InChI is InChI=1S/C7H9NO5/c8-3(1-6(10)11)7(12)13-5-2-4(5)9/h3,5H,1-2,8H2,(H,10,11)/t3-,5?/m0/s1. The van der Waals surface area contributed by atoms with Gasteiger partial charge in [0.25, 0.3) is 0 Å². The Morgan fingerprint density at radius 2 is 2.23 bits per heavy atom. The van der Waals surface area contributed by atoms with E-state index in [1.807, 2.05) is 0 Å². The van der Waals surface area contributed by atoms with Crippen molar-refractivity contribution in [2.45, 2.75) is 25.0 Å². The van der Waals surface area contributed by atoms with E-state index in [0.717, 1.165) is 0 Å². The van der Waals surface area contributed by atoms with Gasteiger partial charge in [-0.2, -0.15) is 0 Å². The van der Waals surface area contributed by atoms with Gasteiger partial charge >= 0.3 is 11.9 Å². The van der Waals surface area contributed by atoms with Gasteiger partial charge in [0, 0.05) is 0 Å². The van der Waals surface area contributed by atoms with E-state index in [4.69, 9.17) is 10.8 Å². The third-order valence-corrected chi connectivity index (χ3v) is 1.54. The van der Waals surface area contributed by atoms with E-state index in [1.165, 1.54) is 0 Å². The molecule has 6 heteroatoms. The highest BCUT2D eigenvalue weighted by Crippen LogP contribution is 2.18. The first-order valence-corrected chi connectivity index (χ1v) is 3.71. The van der Waals surface area contributed by atoms with Crippen LogP contribution >= 0.6 is 0 Å². The summed E-state index contributed by atoms with van der Waals surface area (Å²) in [6.45, 7) is 0. The van der Waals surface area contributed by atoms with Gasteiger partial charge in [-0.3, -0.25) is 14.4 Å². The second-order valence-corrected chi connectivity index (χ2v) is 2.80. The topological polar surface area (TPSA) is 107 Å². The number of ether oxygens (including phenoxy) is 1. The zero-order chi connectivity index (χ0) is 10.0. The molecule has 13 heavy (non-hydrogen) atoms. The van der Waals surface area contributed by atoms with Crippen molar-refractivity contribution in [3.63, 3.8) is 0 Å². The average Bonchev–Trinajstić information content (AvgIpc) is 2.64. The first-order valence-electron chi connectivity index (χ1n) is 3.71. The number of hydrogen-bond acceptors (Lipinski definition) is 5. The predicted octanol–water partition coefficient (Wildman–Crippen LogP) is -1.33. The molecule has 0 aromatic rings. The molecule has 1 aliphatic carbocycles. The first-order chi connectivity index (χ1) is 6.00. The molecule has 1 unspecified atom stereocenters. The Bertz CT molecular complexity index is 262. The second-order valence-electron chi connectivity index (χ2n) is 2.80. The molecule has 1 saturated carbocycles. The molecule has 0 bridgehead atoms. The van der Waals surface area contributed by atoms with Gasteiger partial charge < -0.3 is 15.6 Å². The number of aliphatic carboxylic acids is 1. The van der Waals surface area contributed by atoms with Gasteiger partial charge in [-0.05, 0) is 0 Å². The van der Waals surface area contributed by atoms with Crippen molar-refractivity contribution in [1.29, 1.82) is 0 Å². The van der Waals surface area contributed by atoms with Crippen LogP contribution in [0.25, 0.3) is 0 Å². The maximum absolute atomic E-state index is 10.9. The summed E-state index contributed by atoms with van der Waals surface area (Å²) in [4.78, 5) is 31.5. The fourth-order valence-corrected chi connectivity index (χ4v) is 0.730. The van der Waals surface area contributed by atoms with Gasteiger partial charge in [0.05, 0.1) is 12.8 Å². The highest BCUT2D eigenvalue weighted by atomic mass is 16.6. The summed E-state index contributed by atoms with van der Waals surface area (Å²) in [5.41, 5.74) is 5.17. The predicted molar refractivity (Wildman–Crippen MR) is 39.7 cm³/mol. The van der Waals surface area contributed by atoms with E-state index < -0.39 is 30.5 Å². The van der Waals surface area contributed by atoms with Crippen molar-refractivity contribution >= 4 is 17.7 Å². The number of hydrogen-bond donors (Lipinski definition) is 2. The van der Waals surface area contributed by atoms with Crippen molar-refractivity contribution < 1.29 is 24.2 Å². The Kier molecular flexibility index (Phi) is 2.62. The monoisotopic (exact) mass is 187 g/mol. The fourth-order valence-electron chi connectivity index (χ4n) is 0.730. The molecule has 0 saturated heterocycles. The fraction of sp³-hybridized carbons (Fsp3) is 0.571. The molecular formula is C7H9NO5. The number of rotatable bonds is 4. The van der Waals surface area contributed by atoms with E-state index in [9.17, 15) is 14.4 Å². The summed E-state index contributed by atoms with van der Waals surface area (Å²) >= 11 is 0. The second kappa shape index (κ2) is 3.53. The van der Waals surface area contributed by atoms with Crippen LogP contribution in [0.1, 0.15) is 12.8 Å². The minimum absolute atomic E-state index is 0.157. The largest absolute Gasteiger partial charge is 0.481 e. The molecule has 0 radical (unpaired) electrons. The van der Waals surface area contributed by atoms with E-state index in [1.54, 1.807) is 0 Å². The number of esters is 1. The van der Waals surface area contributed by atoms with E-state index >= 15 is 0 Å². The van der Waals surface area contributed by atoms with Crippen LogP contribution in [0.15, 0.2) is 0 Å². The van der Waals surface area contributed by atoms with Crippen LogP contribution in [0.2, 0.25) is 0 Å². The number of carbonyl (C=O) groups excluding carboxylic acids is 2. The van der Waals surface area contributed by atoms with Crippen LogP contribution in [0.3, 0.4) is 0 Å². The maximum Gasteiger partial charge on any atom is 0.324 e. The lowest BCUT2D eigenvalue weighted by atomic mass is 10.2. The molecule has 1 aliphatic rings. The Morgan fingerprint density at radius 3 is 2.62 bits per heavy atom. The molecule has 3 N–H and O–H groups in total. The van der Waals surface area contributed by atoms with Gasteiger partial charge in [-0.15, -0.1) is 0 Å². The summed E-state index contributed by atoms with van der Waals surface area (Å²) in [5, 5.41) is 8.28. The minimum Gasteiger partial charge on any atom is -0.481 e. The minimum atomic E-state index is -1.19. The molecule has 0 aromatic heterocycles. The molecule has 2 atom stereocenters. The molecule has 1 rings (SSSR count). The summed E-state index contributed by atoms with van der Waals surface area (Å²) in [6, 6.07) is -1.19. The number of ketones is 1. The van der Waals surface area contributed by atoms with Crippen LogP contribution in [-0.2, 0) is 19.1 Å². The SMILES string of the molecule is N[C@@H](CC(=O)O)C(=O)OC1CC1=O. The van der Waals surface area contributed by atoms with Crippen LogP contribution in [0.4, 0.5) is 0 Å². The molecule has 0 aromatic carbocycles. The van der Waals surface area contributed by atoms with Gasteiger partial charge in [0.15, 0.2) is 11.9 Å². The van der Waals surface area contributed by atoms with Crippen molar-refractivity contribution in [1.82, 2.24) is 0 Å². The molecule has 72 valence electrons. The van der Waals surface area contributed by atoms with Crippen molar-refractivity contribution in [2.24, 2.45) is 5.73 Å². The van der Waals surface area contributed by atoms with Gasteiger partial charge in [0.1, 0.15) is 6.04 Å². The quantitative estimate of drug-likeness (QED) is 0.528. The zero-order valence-electron chi connectivity index (χ0n) is 6.73. The maximum atomic E-state index is 10.9. The van der Waals surface area contributed by atoms with E-state index in [2.05, 4.69) is 4.74 Å². The number of Topliss-reactive ketones (excluding diaryl/α,β-unsaturated/α-hetero) is 1. The number of carbonyl (C=O) groups is 3. The van der Waals surface area contributed by atoms with Crippen LogP contribution in [0.5, 0.6) is 0 Å². The van der Waals surface area contributed by atoms with Gasteiger partial charge in [0.2, 0.25) is 0 Å². The number of carboxylic acid groups (broad SMARTS) is 1. The average molecular weight is 187 g/mol. The smallest absolute Gasteiger partial charge is 0.324 e. The third kappa shape index (κ3) is 2.83. The van der Waals surface area contributed by atoms with Gasteiger partial charge in [-0.25, -0.2) is 0 Å². The third-order valence-electron chi connectivity index (χ3n) is 1.54. The summed E-state index contributed by atoms with van der Waals surface area (Å²) in [5.74, 6) is -2.17. The lowest BCUT2D eigenvalue weighted by Gasteiger charge is -2.06. The lowest BCUT2D eigenvalue weighted by molar-refractivity contribution is -0.151. The van der Waals surface area contributed by atoms with Crippen molar-refractivity contribution in [3.05, 3.63) is 0 Å². The van der Waals surface area contributed by atoms with Crippen LogP contribution in [-0.4, -0.2) is 35.0 Å². The molecular weight excluding hydrogens is 178 g/mol.